The lowest BCUT2D eigenvalue weighted by molar-refractivity contribution is -0.141. The van der Waals surface area contributed by atoms with Gasteiger partial charge in [-0.25, -0.2) is 0 Å². The minimum Gasteiger partial charge on any atom is -0.469 e. The number of unbranched alkanes of at least 4 members (excludes halogenated alkanes) is 2. The van der Waals surface area contributed by atoms with E-state index in [2.05, 4.69) is 18.6 Å². The number of ether oxygens (including phenoxy) is 1. The lowest BCUT2D eigenvalue weighted by Crippen LogP contribution is -2.06. The molecule has 0 aromatic rings. The molecule has 2 heteroatoms. The van der Waals surface area contributed by atoms with E-state index in [4.69, 9.17) is 0 Å². The summed E-state index contributed by atoms with van der Waals surface area (Å²) in [6, 6.07) is 0. The van der Waals surface area contributed by atoms with Crippen molar-refractivity contribution >= 4 is 5.97 Å². The van der Waals surface area contributed by atoms with Crippen LogP contribution in [0.15, 0.2) is 0 Å². The summed E-state index contributed by atoms with van der Waals surface area (Å²) in [6.07, 6.45) is 5.45. The molecule has 0 saturated heterocycles. The summed E-state index contributed by atoms with van der Waals surface area (Å²) < 4.78 is 4.59. The first-order valence-electron chi connectivity index (χ1n) is 4.77. The maximum absolute atomic E-state index is 10.8. The first kappa shape index (κ1) is 11.5. The molecule has 0 aromatic carbocycles. The monoisotopic (exact) mass is 172 g/mol. The minimum absolute atomic E-state index is 0.0843. The smallest absolute Gasteiger partial charge is 0.305 e. The van der Waals surface area contributed by atoms with E-state index in [1.54, 1.807) is 0 Å². The topological polar surface area (TPSA) is 26.3 Å². The maximum atomic E-state index is 10.8. The van der Waals surface area contributed by atoms with Crippen LogP contribution in [-0.4, -0.2) is 13.1 Å². The highest BCUT2D eigenvalue weighted by Crippen LogP contribution is 2.13. The molecule has 0 aliphatic heterocycles. The van der Waals surface area contributed by atoms with E-state index in [-0.39, 0.29) is 5.97 Å². The maximum Gasteiger partial charge on any atom is 0.305 e. The van der Waals surface area contributed by atoms with Crippen LogP contribution in [-0.2, 0) is 9.53 Å². The van der Waals surface area contributed by atoms with Gasteiger partial charge in [0, 0.05) is 6.42 Å². The Morgan fingerprint density at radius 1 is 1.42 bits per heavy atom. The normalized spacial score (nSPS) is 12.6. The van der Waals surface area contributed by atoms with Crippen molar-refractivity contribution in [2.75, 3.05) is 7.11 Å². The number of methoxy groups -OCH3 is 1. The van der Waals surface area contributed by atoms with E-state index in [0.717, 1.165) is 6.42 Å². The molecular weight excluding hydrogens is 152 g/mol. The highest BCUT2D eigenvalue weighted by molar-refractivity contribution is 5.69. The predicted molar refractivity (Wildman–Crippen MR) is 49.9 cm³/mol. The zero-order chi connectivity index (χ0) is 9.40. The second kappa shape index (κ2) is 7.14. The fourth-order valence-electron chi connectivity index (χ4n) is 1.21. The summed E-state index contributed by atoms with van der Waals surface area (Å²) >= 11 is 0. The number of carbonyl (C=O) groups excluding carboxylic acids is 1. The lowest BCUT2D eigenvalue weighted by atomic mass is 10.0. The summed E-state index contributed by atoms with van der Waals surface area (Å²) in [6.45, 7) is 4.29. The molecule has 12 heavy (non-hydrogen) atoms. The Labute approximate surface area is 75.3 Å². The lowest BCUT2D eigenvalue weighted by Gasteiger charge is -2.08. The highest BCUT2D eigenvalue weighted by Gasteiger charge is 2.07. The van der Waals surface area contributed by atoms with Crippen LogP contribution in [0.1, 0.15) is 46.0 Å². The molecule has 0 radical (unpaired) electrons. The Morgan fingerprint density at radius 3 is 2.58 bits per heavy atom. The summed E-state index contributed by atoms with van der Waals surface area (Å²) in [7, 11) is 1.45. The van der Waals surface area contributed by atoms with Crippen molar-refractivity contribution in [3.8, 4) is 0 Å². The quantitative estimate of drug-likeness (QED) is 0.455. The van der Waals surface area contributed by atoms with E-state index in [0.29, 0.717) is 12.3 Å². The standard InChI is InChI=1S/C10H20O2/c1-4-5-6-7-9(2)8-10(11)12-3/h9H,4-8H2,1-3H3. The van der Waals surface area contributed by atoms with Gasteiger partial charge >= 0.3 is 5.97 Å². The number of hydrogen-bond acceptors (Lipinski definition) is 2. The first-order valence-corrected chi connectivity index (χ1v) is 4.77. The van der Waals surface area contributed by atoms with Crippen LogP contribution >= 0.6 is 0 Å². The Morgan fingerprint density at radius 2 is 2.08 bits per heavy atom. The van der Waals surface area contributed by atoms with Gasteiger partial charge in [-0.1, -0.05) is 39.5 Å². The summed E-state index contributed by atoms with van der Waals surface area (Å²) in [5, 5.41) is 0. The van der Waals surface area contributed by atoms with E-state index in [1.165, 1.54) is 26.4 Å². The molecule has 0 aliphatic rings. The first-order chi connectivity index (χ1) is 5.70. The van der Waals surface area contributed by atoms with E-state index in [1.807, 2.05) is 0 Å². The van der Waals surface area contributed by atoms with Gasteiger partial charge in [0.25, 0.3) is 0 Å². The average Bonchev–Trinajstić information content (AvgIpc) is 2.05. The molecule has 0 rings (SSSR count). The molecule has 0 fully saturated rings. The molecule has 2 nitrogen and oxygen atoms in total. The van der Waals surface area contributed by atoms with Gasteiger partial charge < -0.3 is 4.74 Å². The van der Waals surface area contributed by atoms with Crippen LogP contribution in [0, 0.1) is 5.92 Å². The Kier molecular flexibility index (Phi) is 6.82. The molecule has 0 spiro atoms. The van der Waals surface area contributed by atoms with Crippen LogP contribution in [0.5, 0.6) is 0 Å². The van der Waals surface area contributed by atoms with Gasteiger partial charge in [-0.05, 0) is 5.92 Å². The SMILES string of the molecule is CCCCCC(C)CC(=O)OC. The van der Waals surface area contributed by atoms with Gasteiger partial charge in [-0.3, -0.25) is 4.79 Å². The van der Waals surface area contributed by atoms with Crippen molar-refractivity contribution in [2.24, 2.45) is 5.92 Å². The van der Waals surface area contributed by atoms with Crippen LogP contribution < -0.4 is 0 Å². The minimum atomic E-state index is -0.0843. The molecular formula is C10H20O2. The molecule has 0 heterocycles. The van der Waals surface area contributed by atoms with Crippen LogP contribution in [0.2, 0.25) is 0 Å². The summed E-state index contributed by atoms with van der Waals surface area (Å²) in [4.78, 5) is 10.8. The fraction of sp³-hybridized carbons (Fsp3) is 0.900. The van der Waals surface area contributed by atoms with Crippen molar-refractivity contribution < 1.29 is 9.53 Å². The van der Waals surface area contributed by atoms with E-state index < -0.39 is 0 Å². The third kappa shape index (κ3) is 6.20. The molecule has 1 atom stereocenters. The molecule has 0 aromatic heterocycles. The third-order valence-electron chi connectivity index (χ3n) is 2.04. The number of esters is 1. The molecule has 1 unspecified atom stereocenters. The van der Waals surface area contributed by atoms with Gasteiger partial charge in [0.1, 0.15) is 0 Å². The number of rotatable bonds is 6. The van der Waals surface area contributed by atoms with Crippen LogP contribution in [0.3, 0.4) is 0 Å². The largest absolute Gasteiger partial charge is 0.469 e. The van der Waals surface area contributed by atoms with Crippen molar-refractivity contribution in [1.29, 1.82) is 0 Å². The van der Waals surface area contributed by atoms with E-state index in [9.17, 15) is 4.79 Å². The van der Waals surface area contributed by atoms with Crippen molar-refractivity contribution in [3.63, 3.8) is 0 Å². The molecule has 0 bridgehead atoms. The molecule has 0 N–H and O–H groups in total. The Bertz CT molecular complexity index is 121. The number of hydrogen-bond donors (Lipinski definition) is 0. The van der Waals surface area contributed by atoms with Gasteiger partial charge in [0.05, 0.1) is 7.11 Å². The Hall–Kier alpha value is -0.530. The van der Waals surface area contributed by atoms with Crippen molar-refractivity contribution in [2.45, 2.75) is 46.0 Å². The molecule has 0 saturated carbocycles. The second-order valence-corrected chi connectivity index (χ2v) is 3.38. The predicted octanol–water partition coefficient (Wildman–Crippen LogP) is 2.77. The second-order valence-electron chi connectivity index (χ2n) is 3.38. The highest BCUT2D eigenvalue weighted by atomic mass is 16.5. The third-order valence-corrected chi connectivity index (χ3v) is 2.04. The van der Waals surface area contributed by atoms with E-state index >= 15 is 0 Å². The van der Waals surface area contributed by atoms with Gasteiger partial charge in [-0.2, -0.15) is 0 Å². The van der Waals surface area contributed by atoms with Gasteiger partial charge in [0.15, 0.2) is 0 Å². The zero-order valence-corrected chi connectivity index (χ0v) is 8.43. The van der Waals surface area contributed by atoms with Gasteiger partial charge in [-0.15, -0.1) is 0 Å². The molecule has 0 aliphatic carbocycles. The molecule has 72 valence electrons. The van der Waals surface area contributed by atoms with Gasteiger partial charge in [0.2, 0.25) is 0 Å². The van der Waals surface area contributed by atoms with Crippen molar-refractivity contribution in [1.82, 2.24) is 0 Å². The fourth-order valence-corrected chi connectivity index (χ4v) is 1.21. The van der Waals surface area contributed by atoms with Crippen LogP contribution in [0.4, 0.5) is 0 Å². The summed E-state index contributed by atoms with van der Waals surface area (Å²) in [5.74, 6) is 0.392. The van der Waals surface area contributed by atoms with Crippen molar-refractivity contribution in [3.05, 3.63) is 0 Å². The summed E-state index contributed by atoms with van der Waals surface area (Å²) in [5.41, 5.74) is 0. The average molecular weight is 172 g/mol. The van der Waals surface area contributed by atoms with Crippen LogP contribution in [0.25, 0.3) is 0 Å². The Balaban J connectivity index is 3.32. The zero-order valence-electron chi connectivity index (χ0n) is 8.43. The number of carbonyl (C=O) groups is 1. The molecule has 0 amide bonds.